The van der Waals surface area contributed by atoms with Crippen molar-refractivity contribution in [3.05, 3.63) is 0 Å². The number of nitrogens with two attached hydrogens (primary N) is 1. The number of nitrogens with zero attached hydrogens (tertiary/aromatic N) is 1. The maximum absolute atomic E-state index is 12.2. The van der Waals surface area contributed by atoms with E-state index in [1.165, 1.54) is 6.92 Å². The number of hydrogen-bond donors (Lipinski definition) is 2. The van der Waals surface area contributed by atoms with Gasteiger partial charge in [-0.25, -0.2) is 0 Å². The van der Waals surface area contributed by atoms with Gasteiger partial charge in [0.1, 0.15) is 5.54 Å². The maximum Gasteiger partial charge on any atom is 0.401 e. The third-order valence-corrected chi connectivity index (χ3v) is 2.47. The van der Waals surface area contributed by atoms with Crippen LogP contribution in [0.2, 0.25) is 0 Å². The molecule has 0 amide bonds. The van der Waals surface area contributed by atoms with Crippen LogP contribution in [0.3, 0.4) is 0 Å². The fourth-order valence-corrected chi connectivity index (χ4v) is 1.47. The highest BCUT2D eigenvalue weighted by atomic mass is 19.4. The predicted octanol–water partition coefficient (Wildman–Crippen LogP) is 0.815. The number of carbonyl (C=O) groups is 1. The van der Waals surface area contributed by atoms with Crippen LogP contribution in [0.5, 0.6) is 0 Å². The first-order valence-electron chi connectivity index (χ1n) is 4.95. The standard InChI is InChI=1S/C9H15F3N2O2/c1-8(13,7(15)16)4-14(6-2-3-6)5-9(10,11)12/h6H,2-5,13H2,1H3,(H,15,16). The zero-order valence-electron chi connectivity index (χ0n) is 8.92. The first-order valence-corrected chi connectivity index (χ1v) is 4.95. The molecule has 94 valence electrons. The van der Waals surface area contributed by atoms with Gasteiger partial charge in [-0.2, -0.15) is 13.2 Å². The summed E-state index contributed by atoms with van der Waals surface area (Å²) in [7, 11) is 0. The Morgan fingerprint density at radius 2 is 1.94 bits per heavy atom. The van der Waals surface area contributed by atoms with Crippen molar-refractivity contribution in [2.75, 3.05) is 13.1 Å². The van der Waals surface area contributed by atoms with Crippen LogP contribution in [0.4, 0.5) is 13.2 Å². The third-order valence-electron chi connectivity index (χ3n) is 2.47. The maximum atomic E-state index is 12.2. The zero-order valence-corrected chi connectivity index (χ0v) is 8.92. The number of carboxylic acid groups (broad SMARTS) is 1. The Labute approximate surface area is 91.2 Å². The Hall–Kier alpha value is -0.820. The summed E-state index contributed by atoms with van der Waals surface area (Å²) < 4.78 is 36.7. The highest BCUT2D eigenvalue weighted by Gasteiger charge is 2.42. The average molecular weight is 240 g/mol. The van der Waals surface area contributed by atoms with Crippen molar-refractivity contribution in [1.82, 2.24) is 4.90 Å². The quantitative estimate of drug-likeness (QED) is 0.746. The number of aliphatic carboxylic acids is 1. The van der Waals surface area contributed by atoms with E-state index in [1.54, 1.807) is 0 Å². The van der Waals surface area contributed by atoms with Gasteiger partial charge in [0.2, 0.25) is 0 Å². The van der Waals surface area contributed by atoms with E-state index >= 15 is 0 Å². The molecular formula is C9H15F3N2O2. The van der Waals surface area contributed by atoms with Crippen molar-refractivity contribution in [3.63, 3.8) is 0 Å². The minimum atomic E-state index is -4.32. The lowest BCUT2D eigenvalue weighted by molar-refractivity contribution is -0.155. The van der Waals surface area contributed by atoms with Gasteiger partial charge in [-0.05, 0) is 19.8 Å². The summed E-state index contributed by atoms with van der Waals surface area (Å²) in [6.07, 6.45) is -2.98. The van der Waals surface area contributed by atoms with E-state index in [4.69, 9.17) is 10.8 Å². The molecular weight excluding hydrogens is 225 g/mol. The van der Waals surface area contributed by atoms with Gasteiger partial charge in [-0.15, -0.1) is 0 Å². The molecule has 1 rings (SSSR count). The van der Waals surface area contributed by atoms with Gasteiger partial charge in [-0.3, -0.25) is 9.69 Å². The molecule has 0 aliphatic heterocycles. The summed E-state index contributed by atoms with van der Waals surface area (Å²) in [5.41, 5.74) is 3.79. The van der Waals surface area contributed by atoms with Crippen LogP contribution in [0.15, 0.2) is 0 Å². The van der Waals surface area contributed by atoms with E-state index in [-0.39, 0.29) is 12.6 Å². The number of hydrogen-bond acceptors (Lipinski definition) is 3. The normalized spacial score (nSPS) is 20.9. The zero-order chi connectivity index (χ0) is 12.6. The minimum absolute atomic E-state index is 0.177. The molecule has 0 radical (unpaired) electrons. The van der Waals surface area contributed by atoms with E-state index < -0.39 is 24.2 Å². The molecule has 1 atom stereocenters. The van der Waals surface area contributed by atoms with Gasteiger partial charge in [0, 0.05) is 12.6 Å². The van der Waals surface area contributed by atoms with Crippen LogP contribution in [-0.2, 0) is 4.79 Å². The average Bonchev–Trinajstić information content (AvgIpc) is 2.80. The van der Waals surface area contributed by atoms with Crippen LogP contribution < -0.4 is 5.73 Å². The van der Waals surface area contributed by atoms with Crippen molar-refractivity contribution in [2.24, 2.45) is 5.73 Å². The van der Waals surface area contributed by atoms with Crippen LogP contribution in [-0.4, -0.2) is 46.8 Å². The van der Waals surface area contributed by atoms with Gasteiger partial charge < -0.3 is 10.8 Å². The van der Waals surface area contributed by atoms with E-state index in [2.05, 4.69) is 0 Å². The molecule has 0 aromatic heterocycles. The summed E-state index contributed by atoms with van der Waals surface area (Å²) >= 11 is 0. The SMILES string of the molecule is CC(N)(CN(CC(F)(F)F)C1CC1)C(=O)O. The largest absolute Gasteiger partial charge is 0.480 e. The fourth-order valence-electron chi connectivity index (χ4n) is 1.47. The summed E-state index contributed by atoms with van der Waals surface area (Å²) in [6.45, 7) is -0.161. The van der Waals surface area contributed by atoms with Crippen molar-refractivity contribution < 1.29 is 23.1 Å². The summed E-state index contributed by atoms with van der Waals surface area (Å²) in [4.78, 5) is 11.8. The molecule has 16 heavy (non-hydrogen) atoms. The first kappa shape index (κ1) is 13.2. The first-order chi connectivity index (χ1) is 7.12. The van der Waals surface area contributed by atoms with Gasteiger partial charge in [0.25, 0.3) is 0 Å². The van der Waals surface area contributed by atoms with Crippen molar-refractivity contribution in [3.8, 4) is 0 Å². The number of carboxylic acids is 1. The smallest absolute Gasteiger partial charge is 0.401 e. The van der Waals surface area contributed by atoms with E-state index in [0.717, 1.165) is 4.90 Å². The summed E-state index contributed by atoms with van der Waals surface area (Å²) in [5.74, 6) is -1.29. The summed E-state index contributed by atoms with van der Waals surface area (Å²) in [6, 6.07) is -0.177. The Balaban J connectivity index is 2.61. The van der Waals surface area contributed by atoms with Crippen molar-refractivity contribution in [1.29, 1.82) is 0 Å². The number of halogens is 3. The number of rotatable bonds is 5. The molecule has 4 nitrogen and oxygen atoms in total. The lowest BCUT2D eigenvalue weighted by Crippen LogP contribution is -2.55. The third kappa shape index (κ3) is 3.97. The van der Waals surface area contributed by atoms with Gasteiger partial charge in [-0.1, -0.05) is 0 Å². The van der Waals surface area contributed by atoms with Crippen molar-refractivity contribution in [2.45, 2.75) is 37.5 Å². The Morgan fingerprint density at radius 1 is 1.44 bits per heavy atom. The van der Waals surface area contributed by atoms with Gasteiger partial charge in [0.15, 0.2) is 0 Å². The fraction of sp³-hybridized carbons (Fsp3) is 0.889. The second kappa shape index (κ2) is 4.21. The van der Waals surface area contributed by atoms with Crippen molar-refractivity contribution >= 4 is 5.97 Å². The van der Waals surface area contributed by atoms with E-state index in [9.17, 15) is 18.0 Å². The molecule has 0 heterocycles. The second-order valence-electron chi connectivity index (χ2n) is 4.47. The molecule has 3 N–H and O–H groups in total. The topological polar surface area (TPSA) is 66.6 Å². The van der Waals surface area contributed by atoms with E-state index in [1.807, 2.05) is 0 Å². The minimum Gasteiger partial charge on any atom is -0.480 e. The van der Waals surface area contributed by atoms with E-state index in [0.29, 0.717) is 12.8 Å². The Bertz CT molecular complexity index is 274. The van der Waals surface area contributed by atoms with Gasteiger partial charge in [0.05, 0.1) is 6.54 Å². The van der Waals surface area contributed by atoms with Crippen LogP contribution in [0, 0.1) is 0 Å². The highest BCUT2D eigenvalue weighted by molar-refractivity contribution is 5.78. The Kier molecular flexibility index (Phi) is 3.49. The van der Waals surface area contributed by atoms with Crippen LogP contribution >= 0.6 is 0 Å². The molecule has 1 aliphatic carbocycles. The predicted molar refractivity (Wildman–Crippen MR) is 50.9 cm³/mol. The molecule has 0 aromatic rings. The second-order valence-corrected chi connectivity index (χ2v) is 4.47. The molecule has 0 saturated heterocycles. The lowest BCUT2D eigenvalue weighted by Gasteiger charge is -2.30. The van der Waals surface area contributed by atoms with Gasteiger partial charge >= 0.3 is 12.1 Å². The number of alkyl halides is 3. The molecule has 0 spiro atoms. The monoisotopic (exact) mass is 240 g/mol. The molecule has 7 heteroatoms. The van der Waals surface area contributed by atoms with Crippen LogP contribution in [0.1, 0.15) is 19.8 Å². The molecule has 0 bridgehead atoms. The molecule has 1 unspecified atom stereocenters. The molecule has 1 aliphatic rings. The summed E-state index contributed by atoms with van der Waals surface area (Å²) in [5, 5.41) is 8.76. The lowest BCUT2D eigenvalue weighted by atomic mass is 10.0. The molecule has 1 saturated carbocycles. The van der Waals surface area contributed by atoms with Crippen LogP contribution in [0.25, 0.3) is 0 Å². The molecule has 0 aromatic carbocycles. The highest BCUT2D eigenvalue weighted by Crippen LogP contribution is 2.30. The molecule has 1 fully saturated rings. The Morgan fingerprint density at radius 3 is 2.25 bits per heavy atom.